The second-order valence-electron chi connectivity index (χ2n) is 12.2. The Kier molecular flexibility index (Phi) is 13.7. The van der Waals surface area contributed by atoms with Gasteiger partial charge < -0.3 is 19.7 Å². The highest BCUT2D eigenvalue weighted by Gasteiger charge is 2.20. The molecule has 2 saturated heterocycles. The summed E-state index contributed by atoms with van der Waals surface area (Å²) < 4.78 is 11.7. The van der Waals surface area contributed by atoms with Crippen LogP contribution in [0.3, 0.4) is 0 Å². The van der Waals surface area contributed by atoms with E-state index in [9.17, 15) is 10.2 Å². The van der Waals surface area contributed by atoms with Crippen molar-refractivity contribution in [2.75, 3.05) is 91.8 Å². The van der Waals surface area contributed by atoms with Crippen LogP contribution in [0.25, 0.3) is 12.2 Å². The summed E-state index contributed by atoms with van der Waals surface area (Å²) >= 11 is 0. The lowest BCUT2D eigenvalue weighted by Crippen LogP contribution is -2.49. The van der Waals surface area contributed by atoms with Crippen molar-refractivity contribution in [2.45, 2.75) is 12.2 Å². The number of hydrogen-bond donors (Lipinski definition) is 2. The Balaban J connectivity index is 0.906. The summed E-state index contributed by atoms with van der Waals surface area (Å²) in [5.41, 5.74) is 2.45. The van der Waals surface area contributed by atoms with Crippen molar-refractivity contribution in [2.24, 2.45) is 0 Å². The number of ether oxygens (including phenoxy) is 2. The van der Waals surface area contributed by atoms with E-state index in [0.717, 1.165) is 65.4 Å². The zero-order valence-corrected chi connectivity index (χ0v) is 26.9. The Morgan fingerprint density at radius 2 is 0.848 bits per heavy atom. The summed E-state index contributed by atoms with van der Waals surface area (Å²) in [6.45, 7) is 11.3. The predicted molar refractivity (Wildman–Crippen MR) is 186 cm³/mol. The average molecular weight is 627 g/mol. The van der Waals surface area contributed by atoms with Crippen LogP contribution in [-0.2, 0) is 0 Å². The van der Waals surface area contributed by atoms with Crippen molar-refractivity contribution in [3.8, 4) is 11.5 Å². The lowest BCUT2D eigenvalue weighted by molar-refractivity contribution is 0.0472. The Morgan fingerprint density at radius 1 is 0.500 bits per heavy atom. The first kappa shape index (κ1) is 33.9. The van der Waals surface area contributed by atoms with Gasteiger partial charge in [-0.1, -0.05) is 85.0 Å². The van der Waals surface area contributed by atoms with Gasteiger partial charge in [-0.05, 0) is 35.4 Å². The smallest absolute Gasteiger partial charge is 0.119 e. The van der Waals surface area contributed by atoms with Crippen molar-refractivity contribution in [1.82, 2.24) is 19.6 Å². The van der Waals surface area contributed by atoms with E-state index in [1.807, 2.05) is 36.4 Å². The van der Waals surface area contributed by atoms with Gasteiger partial charge in [-0.3, -0.25) is 19.6 Å². The highest BCUT2D eigenvalue weighted by molar-refractivity contribution is 5.49. The molecule has 0 aliphatic carbocycles. The molecule has 0 unspecified atom stereocenters. The van der Waals surface area contributed by atoms with Gasteiger partial charge in [0.25, 0.3) is 0 Å². The molecule has 2 heterocycles. The van der Waals surface area contributed by atoms with E-state index >= 15 is 0 Å². The highest BCUT2D eigenvalue weighted by atomic mass is 16.5. The molecule has 0 aromatic heterocycles. The normalized spacial score (nSPS) is 18.7. The number of aliphatic hydroxyl groups is 2. The molecule has 3 aromatic rings. The average Bonchev–Trinajstić information content (AvgIpc) is 3.09. The van der Waals surface area contributed by atoms with Crippen molar-refractivity contribution >= 4 is 12.2 Å². The van der Waals surface area contributed by atoms with Gasteiger partial charge in [0.1, 0.15) is 36.9 Å². The first-order valence-corrected chi connectivity index (χ1v) is 16.6. The third-order valence-corrected chi connectivity index (χ3v) is 8.52. The topological polar surface area (TPSA) is 71.9 Å². The second kappa shape index (κ2) is 18.6. The molecule has 0 spiro atoms. The number of nitrogens with zero attached hydrogens (tertiary/aromatic N) is 4. The molecule has 2 aliphatic heterocycles. The second-order valence-corrected chi connectivity index (χ2v) is 12.2. The van der Waals surface area contributed by atoms with Gasteiger partial charge >= 0.3 is 0 Å². The fraction of sp³-hybridized carbons (Fsp3) is 0.421. The molecule has 2 aliphatic rings. The molecule has 3 aromatic carbocycles. The molecule has 46 heavy (non-hydrogen) atoms. The lowest BCUT2D eigenvalue weighted by Gasteiger charge is -2.35. The van der Waals surface area contributed by atoms with Crippen molar-refractivity contribution in [3.05, 3.63) is 108 Å². The predicted octanol–water partition coefficient (Wildman–Crippen LogP) is 3.83. The number of benzene rings is 3. The minimum atomic E-state index is -0.553. The van der Waals surface area contributed by atoms with E-state index in [1.165, 1.54) is 11.1 Å². The van der Waals surface area contributed by atoms with Gasteiger partial charge in [-0.2, -0.15) is 0 Å². The number of rotatable bonds is 16. The Labute approximate surface area is 274 Å². The Morgan fingerprint density at radius 3 is 1.22 bits per heavy atom. The van der Waals surface area contributed by atoms with Crippen LogP contribution in [-0.4, -0.2) is 134 Å². The summed E-state index contributed by atoms with van der Waals surface area (Å²) in [7, 11) is 0. The summed E-state index contributed by atoms with van der Waals surface area (Å²) in [5, 5.41) is 21.1. The molecule has 246 valence electrons. The standard InChI is InChI=1S/C38H50N4O4/c43-35(29-41-25-21-39(22-26-41)19-7-13-33-9-3-1-4-10-33)31-45-37-15-17-38(18-16-37)46-32-36(44)30-42-27-23-40(24-28-42)20-8-14-34-11-5-2-6-12-34/h1-18,35-36,43-44H,19-32H2/b13-7-,14-8-/t35-,36+. The van der Waals surface area contributed by atoms with Crippen LogP contribution in [0.1, 0.15) is 11.1 Å². The maximum atomic E-state index is 10.6. The minimum Gasteiger partial charge on any atom is -0.491 e. The van der Waals surface area contributed by atoms with Crippen LogP contribution in [0, 0.1) is 0 Å². The number of aliphatic hydroxyl groups excluding tert-OH is 2. The van der Waals surface area contributed by atoms with E-state index in [4.69, 9.17) is 9.47 Å². The van der Waals surface area contributed by atoms with Crippen LogP contribution in [0.4, 0.5) is 0 Å². The van der Waals surface area contributed by atoms with Crippen LogP contribution in [0.15, 0.2) is 97.1 Å². The van der Waals surface area contributed by atoms with Gasteiger partial charge in [0, 0.05) is 78.5 Å². The van der Waals surface area contributed by atoms with E-state index in [-0.39, 0.29) is 13.2 Å². The van der Waals surface area contributed by atoms with Gasteiger partial charge in [0.05, 0.1) is 0 Å². The maximum Gasteiger partial charge on any atom is 0.119 e. The third-order valence-electron chi connectivity index (χ3n) is 8.52. The molecule has 8 heteroatoms. The summed E-state index contributed by atoms with van der Waals surface area (Å²) in [6.07, 6.45) is 7.69. The Bertz CT molecular complexity index is 1200. The molecule has 0 radical (unpaired) electrons. The quantitative estimate of drug-likeness (QED) is 0.249. The Hall–Kier alpha value is -3.50. The van der Waals surface area contributed by atoms with Crippen LogP contribution >= 0.6 is 0 Å². The maximum absolute atomic E-state index is 10.6. The zero-order valence-electron chi connectivity index (χ0n) is 26.9. The van der Waals surface area contributed by atoms with Crippen LogP contribution < -0.4 is 9.47 Å². The molecule has 0 amide bonds. The minimum absolute atomic E-state index is 0.246. The van der Waals surface area contributed by atoms with E-state index in [2.05, 4.69) is 92.4 Å². The first-order valence-electron chi connectivity index (χ1n) is 16.6. The third kappa shape index (κ3) is 12.0. The molecular formula is C38H50N4O4. The van der Waals surface area contributed by atoms with Crippen molar-refractivity contribution < 1.29 is 19.7 Å². The molecule has 0 bridgehead atoms. The molecule has 8 nitrogen and oxygen atoms in total. The molecule has 5 rings (SSSR count). The van der Waals surface area contributed by atoms with Crippen LogP contribution in [0.5, 0.6) is 11.5 Å². The van der Waals surface area contributed by atoms with Crippen LogP contribution in [0.2, 0.25) is 0 Å². The lowest BCUT2D eigenvalue weighted by atomic mass is 10.2. The summed E-state index contributed by atoms with van der Waals surface area (Å²) in [4.78, 5) is 9.49. The fourth-order valence-electron chi connectivity index (χ4n) is 5.83. The fourth-order valence-corrected chi connectivity index (χ4v) is 5.83. The number of hydrogen-bond acceptors (Lipinski definition) is 8. The van der Waals surface area contributed by atoms with Crippen molar-refractivity contribution in [3.63, 3.8) is 0 Å². The van der Waals surface area contributed by atoms with E-state index in [1.54, 1.807) is 0 Å². The van der Waals surface area contributed by atoms with Gasteiger partial charge in [-0.25, -0.2) is 0 Å². The molecule has 2 fully saturated rings. The van der Waals surface area contributed by atoms with Crippen molar-refractivity contribution in [1.29, 1.82) is 0 Å². The molecule has 2 N–H and O–H groups in total. The van der Waals surface area contributed by atoms with E-state index < -0.39 is 12.2 Å². The molecular weight excluding hydrogens is 576 g/mol. The van der Waals surface area contributed by atoms with E-state index in [0.29, 0.717) is 24.6 Å². The number of piperazine rings is 2. The molecule has 0 saturated carbocycles. The van der Waals surface area contributed by atoms with Gasteiger partial charge in [0.15, 0.2) is 0 Å². The van der Waals surface area contributed by atoms with Gasteiger partial charge in [0.2, 0.25) is 0 Å². The monoisotopic (exact) mass is 626 g/mol. The highest BCUT2D eigenvalue weighted by Crippen LogP contribution is 2.18. The summed E-state index contributed by atoms with van der Waals surface area (Å²) in [6, 6.07) is 28.2. The zero-order chi connectivity index (χ0) is 31.8. The number of β-amino-alcohol motifs (C(OH)–C–C–N with tert-alkyl or cyclic N) is 2. The molecule has 2 atom stereocenters. The SMILES string of the molecule is O[C@H](COc1ccc(OC[C@H](O)CN2CCN(C/C=C\c3ccccc3)CC2)cc1)CN1CCN(C/C=C\c2ccccc2)CC1. The summed E-state index contributed by atoms with van der Waals surface area (Å²) in [5.74, 6) is 1.39. The largest absolute Gasteiger partial charge is 0.491 e. The first-order chi connectivity index (χ1) is 22.6. The van der Waals surface area contributed by atoms with Gasteiger partial charge in [-0.15, -0.1) is 0 Å².